The molecular weight excluding hydrogens is 216 g/mol. The highest BCUT2D eigenvalue weighted by molar-refractivity contribution is 5.79. The summed E-state index contributed by atoms with van der Waals surface area (Å²) in [7, 11) is 1.87. The predicted molar refractivity (Wildman–Crippen MR) is 66.4 cm³/mol. The number of aliphatic hydroxyl groups excluding tert-OH is 1. The summed E-state index contributed by atoms with van der Waals surface area (Å²) >= 11 is 0. The number of piperidine rings is 1. The van der Waals surface area contributed by atoms with Gasteiger partial charge < -0.3 is 10.0 Å². The van der Waals surface area contributed by atoms with Crippen LogP contribution in [0.1, 0.15) is 32.1 Å². The number of nitrogens with zero attached hydrogens (tertiary/aromatic N) is 2. The summed E-state index contributed by atoms with van der Waals surface area (Å²) in [4.78, 5) is 16.0. The van der Waals surface area contributed by atoms with Gasteiger partial charge in [0, 0.05) is 25.8 Å². The van der Waals surface area contributed by atoms with Crippen LogP contribution < -0.4 is 0 Å². The third kappa shape index (κ3) is 3.30. The number of carbonyl (C=O) groups excluding carboxylic acids is 1. The van der Waals surface area contributed by atoms with Crippen LogP contribution in [0.15, 0.2) is 11.8 Å². The average Bonchev–Trinajstić information content (AvgIpc) is 2.84. The molecule has 2 rings (SSSR count). The Hall–Kier alpha value is -0.870. The molecule has 1 heterocycles. The van der Waals surface area contributed by atoms with Gasteiger partial charge in [-0.3, -0.25) is 9.69 Å². The Morgan fingerprint density at radius 2 is 2.24 bits per heavy atom. The van der Waals surface area contributed by atoms with Crippen molar-refractivity contribution in [2.75, 3.05) is 26.7 Å². The van der Waals surface area contributed by atoms with Gasteiger partial charge in [0.15, 0.2) is 0 Å². The Kier molecular flexibility index (Phi) is 4.18. The Labute approximate surface area is 103 Å². The van der Waals surface area contributed by atoms with Crippen molar-refractivity contribution >= 4 is 5.91 Å². The second-order valence-corrected chi connectivity index (χ2v) is 5.05. The summed E-state index contributed by atoms with van der Waals surface area (Å²) in [5, 5.41) is 9.41. The fourth-order valence-corrected chi connectivity index (χ4v) is 2.49. The van der Waals surface area contributed by atoms with Gasteiger partial charge in [0.05, 0.1) is 12.6 Å². The number of carbonyl (C=O) groups is 1. The molecule has 0 aromatic carbocycles. The van der Waals surface area contributed by atoms with E-state index >= 15 is 0 Å². The second-order valence-electron chi connectivity index (χ2n) is 5.05. The highest BCUT2D eigenvalue weighted by atomic mass is 16.3. The number of aliphatic hydroxyl groups is 1. The minimum absolute atomic E-state index is 0.170. The van der Waals surface area contributed by atoms with Crippen LogP contribution >= 0.6 is 0 Å². The lowest BCUT2D eigenvalue weighted by atomic mass is 10.1. The molecule has 0 unspecified atom stereocenters. The van der Waals surface area contributed by atoms with E-state index in [1.54, 1.807) is 4.90 Å². The number of allylic oxidation sites excluding steroid dienone is 2. The van der Waals surface area contributed by atoms with E-state index in [0.717, 1.165) is 38.8 Å². The van der Waals surface area contributed by atoms with Crippen molar-refractivity contribution in [3.63, 3.8) is 0 Å². The van der Waals surface area contributed by atoms with Crippen LogP contribution in [0.2, 0.25) is 0 Å². The molecule has 1 aliphatic carbocycles. The van der Waals surface area contributed by atoms with Crippen molar-refractivity contribution in [2.24, 2.45) is 0 Å². The summed E-state index contributed by atoms with van der Waals surface area (Å²) in [6, 6.07) is 0. The van der Waals surface area contributed by atoms with E-state index in [-0.39, 0.29) is 12.0 Å². The lowest BCUT2D eigenvalue weighted by Gasteiger charge is -2.30. The zero-order chi connectivity index (χ0) is 12.3. The van der Waals surface area contributed by atoms with Gasteiger partial charge in [-0.1, -0.05) is 6.08 Å². The molecule has 0 saturated carbocycles. The van der Waals surface area contributed by atoms with Crippen LogP contribution in [0, 0.1) is 0 Å². The largest absolute Gasteiger partial charge is 0.393 e. The Morgan fingerprint density at radius 3 is 2.82 bits per heavy atom. The monoisotopic (exact) mass is 238 g/mol. The van der Waals surface area contributed by atoms with Crippen LogP contribution in [0.5, 0.6) is 0 Å². The number of hydrogen-bond acceptors (Lipinski definition) is 3. The Morgan fingerprint density at radius 1 is 1.53 bits per heavy atom. The van der Waals surface area contributed by atoms with Crippen LogP contribution in [-0.2, 0) is 4.79 Å². The quantitative estimate of drug-likeness (QED) is 0.797. The fraction of sp³-hybridized carbons (Fsp3) is 0.769. The van der Waals surface area contributed by atoms with E-state index in [9.17, 15) is 9.90 Å². The van der Waals surface area contributed by atoms with E-state index in [4.69, 9.17) is 0 Å². The minimum Gasteiger partial charge on any atom is -0.393 e. The lowest BCUT2D eigenvalue weighted by Crippen LogP contribution is -2.42. The highest BCUT2D eigenvalue weighted by Crippen LogP contribution is 2.20. The van der Waals surface area contributed by atoms with E-state index in [1.807, 2.05) is 7.05 Å². The number of rotatable bonds is 3. The van der Waals surface area contributed by atoms with Gasteiger partial charge in [0.25, 0.3) is 0 Å². The van der Waals surface area contributed by atoms with E-state index in [0.29, 0.717) is 6.54 Å². The van der Waals surface area contributed by atoms with Crippen LogP contribution in [-0.4, -0.2) is 53.6 Å². The maximum atomic E-state index is 12.1. The van der Waals surface area contributed by atoms with Crippen LogP contribution in [0.3, 0.4) is 0 Å². The number of likely N-dealkylation sites (N-methyl/N-ethyl adjacent to an activating group) is 1. The average molecular weight is 238 g/mol. The molecule has 2 aliphatic rings. The molecule has 0 aromatic heterocycles. The molecule has 17 heavy (non-hydrogen) atoms. The van der Waals surface area contributed by atoms with Crippen molar-refractivity contribution in [3.05, 3.63) is 11.8 Å². The number of hydrogen-bond donors (Lipinski definition) is 1. The first kappa shape index (κ1) is 12.6. The summed E-state index contributed by atoms with van der Waals surface area (Å²) in [5.74, 6) is 0.175. The molecule has 0 aromatic rings. The van der Waals surface area contributed by atoms with Crippen LogP contribution in [0.25, 0.3) is 0 Å². The van der Waals surface area contributed by atoms with Gasteiger partial charge >= 0.3 is 0 Å². The molecule has 0 bridgehead atoms. The molecule has 0 radical (unpaired) electrons. The maximum absolute atomic E-state index is 12.1. The van der Waals surface area contributed by atoms with Gasteiger partial charge in [0.1, 0.15) is 0 Å². The second kappa shape index (κ2) is 5.65. The molecule has 96 valence electrons. The first-order valence-electron chi connectivity index (χ1n) is 6.53. The van der Waals surface area contributed by atoms with Gasteiger partial charge in [-0.2, -0.15) is 0 Å². The fourth-order valence-electron chi connectivity index (χ4n) is 2.49. The first-order chi connectivity index (χ1) is 8.16. The maximum Gasteiger partial charge on any atom is 0.240 e. The van der Waals surface area contributed by atoms with E-state index in [1.165, 1.54) is 12.1 Å². The molecule has 0 atom stereocenters. The van der Waals surface area contributed by atoms with Gasteiger partial charge in [-0.05, 0) is 32.1 Å². The normalized spacial score (nSPS) is 22.6. The molecular formula is C13H22N2O2. The third-order valence-electron chi connectivity index (χ3n) is 3.74. The lowest BCUT2D eigenvalue weighted by molar-refractivity contribution is -0.130. The standard InChI is InChI=1S/C13H22N2O2/c1-14(11-4-2-3-5-11)13(17)10-15-8-6-12(16)7-9-15/h4,12,16H,2-3,5-10H2,1H3. The molecule has 4 nitrogen and oxygen atoms in total. The van der Waals surface area contributed by atoms with Gasteiger partial charge in [-0.15, -0.1) is 0 Å². The molecule has 1 aliphatic heterocycles. The van der Waals surface area contributed by atoms with Gasteiger partial charge in [0.2, 0.25) is 5.91 Å². The highest BCUT2D eigenvalue weighted by Gasteiger charge is 2.22. The molecule has 1 fully saturated rings. The van der Waals surface area contributed by atoms with Crippen molar-refractivity contribution in [1.29, 1.82) is 0 Å². The van der Waals surface area contributed by atoms with Gasteiger partial charge in [-0.25, -0.2) is 0 Å². The Balaban J connectivity index is 1.80. The number of likely N-dealkylation sites (tertiary alicyclic amines) is 1. The summed E-state index contributed by atoms with van der Waals surface area (Å²) in [5.41, 5.74) is 1.17. The number of amides is 1. The predicted octanol–water partition coefficient (Wildman–Crippen LogP) is 0.969. The zero-order valence-corrected chi connectivity index (χ0v) is 10.6. The molecule has 4 heteroatoms. The van der Waals surface area contributed by atoms with Crippen LogP contribution in [0.4, 0.5) is 0 Å². The molecule has 0 spiro atoms. The molecule has 1 N–H and O–H groups in total. The summed E-state index contributed by atoms with van der Waals surface area (Å²) in [6.45, 7) is 2.15. The van der Waals surface area contributed by atoms with Crippen molar-refractivity contribution in [2.45, 2.75) is 38.2 Å². The Bertz CT molecular complexity index is 307. The first-order valence-corrected chi connectivity index (χ1v) is 6.53. The van der Waals surface area contributed by atoms with Crippen molar-refractivity contribution < 1.29 is 9.90 Å². The van der Waals surface area contributed by atoms with Crippen molar-refractivity contribution in [1.82, 2.24) is 9.80 Å². The summed E-state index contributed by atoms with van der Waals surface area (Å²) in [6.07, 6.45) is 6.88. The molecule has 1 saturated heterocycles. The third-order valence-corrected chi connectivity index (χ3v) is 3.74. The topological polar surface area (TPSA) is 43.8 Å². The smallest absolute Gasteiger partial charge is 0.240 e. The van der Waals surface area contributed by atoms with Crippen molar-refractivity contribution in [3.8, 4) is 0 Å². The zero-order valence-electron chi connectivity index (χ0n) is 10.6. The molecule has 1 amide bonds. The van der Waals surface area contributed by atoms with E-state index in [2.05, 4.69) is 11.0 Å². The minimum atomic E-state index is -0.170. The summed E-state index contributed by atoms with van der Waals surface area (Å²) < 4.78 is 0. The SMILES string of the molecule is CN(C(=O)CN1CCC(O)CC1)C1=CCCC1. The van der Waals surface area contributed by atoms with E-state index < -0.39 is 0 Å².